The van der Waals surface area contributed by atoms with Crippen LogP contribution in [-0.2, 0) is 19.7 Å². The van der Waals surface area contributed by atoms with Crippen LogP contribution < -0.4 is 20.1 Å². The number of rotatable bonds is 5. The highest BCUT2D eigenvalue weighted by atomic mass is 35.5. The van der Waals surface area contributed by atoms with Crippen LogP contribution in [-0.4, -0.2) is 43.6 Å². The normalized spacial score (nSPS) is 20.9. The zero-order valence-electron chi connectivity index (χ0n) is 17.3. The number of hydrogen-bond donors (Lipinski definition) is 2. The van der Waals surface area contributed by atoms with E-state index in [-0.39, 0.29) is 30.4 Å². The van der Waals surface area contributed by atoms with E-state index >= 15 is 0 Å². The van der Waals surface area contributed by atoms with Crippen LogP contribution in [0.15, 0.2) is 41.3 Å². The quantitative estimate of drug-likeness (QED) is 0.686. The molecule has 2 aromatic rings. The monoisotopic (exact) mass is 474 g/mol. The van der Waals surface area contributed by atoms with Crippen molar-refractivity contribution in [1.82, 2.24) is 5.32 Å². The van der Waals surface area contributed by atoms with Gasteiger partial charge in [-0.15, -0.1) is 11.8 Å². The van der Waals surface area contributed by atoms with Crippen LogP contribution in [0.4, 0.5) is 5.69 Å². The second-order valence-corrected chi connectivity index (χ2v) is 9.86. The van der Waals surface area contributed by atoms with Gasteiger partial charge in [0.2, 0.25) is 18.6 Å². The SMILES string of the molecule is O=C(CC1Sc2ccc(Cl)cc2NC1=O)NCC1(c2ccc3c(c2)OCO3)CCOCC1. The number of hydrogen-bond acceptors (Lipinski definition) is 6. The third-order valence-corrected chi connectivity index (χ3v) is 7.70. The summed E-state index contributed by atoms with van der Waals surface area (Å²) in [6, 6.07) is 11.3. The van der Waals surface area contributed by atoms with Gasteiger partial charge < -0.3 is 24.8 Å². The van der Waals surface area contributed by atoms with E-state index in [0.717, 1.165) is 34.8 Å². The number of nitrogens with one attached hydrogen (secondary N) is 2. The van der Waals surface area contributed by atoms with E-state index in [1.54, 1.807) is 12.1 Å². The molecule has 5 rings (SSSR count). The summed E-state index contributed by atoms with van der Waals surface area (Å²) in [5.41, 5.74) is 1.54. The molecule has 0 aliphatic carbocycles. The van der Waals surface area contributed by atoms with E-state index in [1.165, 1.54) is 11.8 Å². The van der Waals surface area contributed by atoms with Crippen molar-refractivity contribution in [2.24, 2.45) is 0 Å². The number of ether oxygens (including phenoxy) is 3. The number of anilines is 1. The van der Waals surface area contributed by atoms with Crippen LogP contribution in [0.1, 0.15) is 24.8 Å². The third-order valence-electron chi connectivity index (χ3n) is 6.19. The lowest BCUT2D eigenvalue weighted by molar-refractivity contribution is -0.124. The zero-order valence-corrected chi connectivity index (χ0v) is 18.9. The molecule has 2 N–H and O–H groups in total. The Morgan fingerprint density at radius 3 is 2.81 bits per heavy atom. The highest BCUT2D eigenvalue weighted by Crippen LogP contribution is 2.41. The van der Waals surface area contributed by atoms with Crippen molar-refractivity contribution in [2.45, 2.75) is 34.8 Å². The fourth-order valence-corrected chi connectivity index (χ4v) is 5.58. The summed E-state index contributed by atoms with van der Waals surface area (Å²) >= 11 is 7.40. The van der Waals surface area contributed by atoms with Crippen LogP contribution in [0.3, 0.4) is 0 Å². The van der Waals surface area contributed by atoms with Gasteiger partial charge in [0.05, 0.1) is 10.9 Å². The molecule has 3 aliphatic heterocycles. The van der Waals surface area contributed by atoms with Crippen molar-refractivity contribution in [2.75, 3.05) is 31.9 Å². The predicted molar refractivity (Wildman–Crippen MR) is 122 cm³/mol. The number of fused-ring (bicyclic) bond motifs is 2. The molecule has 0 radical (unpaired) electrons. The Kier molecular flexibility index (Phi) is 5.92. The molecular weight excluding hydrogens is 452 g/mol. The summed E-state index contributed by atoms with van der Waals surface area (Å²) in [6.45, 7) is 1.96. The Hall–Kier alpha value is -2.42. The maximum atomic E-state index is 12.8. The lowest BCUT2D eigenvalue weighted by Crippen LogP contribution is -2.45. The average Bonchev–Trinajstić information content (AvgIpc) is 3.27. The molecule has 1 fully saturated rings. The van der Waals surface area contributed by atoms with Crippen LogP contribution in [0.5, 0.6) is 11.5 Å². The fraction of sp³-hybridized carbons (Fsp3) is 0.391. The minimum Gasteiger partial charge on any atom is -0.454 e. The molecule has 3 heterocycles. The molecule has 1 atom stereocenters. The topological polar surface area (TPSA) is 85.9 Å². The van der Waals surface area contributed by atoms with Gasteiger partial charge in [-0.25, -0.2) is 0 Å². The molecule has 9 heteroatoms. The van der Waals surface area contributed by atoms with Crippen molar-refractivity contribution >= 4 is 40.9 Å². The fourth-order valence-electron chi connectivity index (χ4n) is 4.32. The van der Waals surface area contributed by atoms with Crippen LogP contribution in [0.2, 0.25) is 5.02 Å². The lowest BCUT2D eigenvalue weighted by atomic mass is 9.74. The van der Waals surface area contributed by atoms with Gasteiger partial charge in [-0.1, -0.05) is 17.7 Å². The van der Waals surface area contributed by atoms with Gasteiger partial charge in [0.1, 0.15) is 0 Å². The Labute approximate surface area is 195 Å². The standard InChI is InChI=1S/C23H23ClN2O5S/c24-15-2-4-19-16(10-15)26-22(28)20(32-19)11-21(27)25-12-23(5-7-29-8-6-23)14-1-3-17-18(9-14)31-13-30-17/h1-4,9-10,20H,5-8,11-13H2,(H,25,27)(H,26,28). The first-order valence-corrected chi connectivity index (χ1v) is 11.8. The first-order chi connectivity index (χ1) is 15.5. The first kappa shape index (κ1) is 21.4. The highest BCUT2D eigenvalue weighted by Gasteiger charge is 2.37. The van der Waals surface area contributed by atoms with Gasteiger partial charge in [-0.05, 0) is 48.7 Å². The van der Waals surface area contributed by atoms with E-state index in [9.17, 15) is 9.59 Å². The zero-order chi connectivity index (χ0) is 22.1. The van der Waals surface area contributed by atoms with Crippen LogP contribution in [0, 0.1) is 0 Å². The smallest absolute Gasteiger partial charge is 0.238 e. The van der Waals surface area contributed by atoms with E-state index < -0.39 is 5.25 Å². The maximum absolute atomic E-state index is 12.8. The minimum absolute atomic E-state index is 0.103. The van der Waals surface area contributed by atoms with E-state index in [2.05, 4.69) is 10.6 Å². The lowest BCUT2D eigenvalue weighted by Gasteiger charge is -2.38. The predicted octanol–water partition coefficient (Wildman–Crippen LogP) is 3.74. The number of thioether (sulfide) groups is 1. The minimum atomic E-state index is -0.486. The van der Waals surface area contributed by atoms with E-state index in [4.69, 9.17) is 25.8 Å². The maximum Gasteiger partial charge on any atom is 0.238 e. The molecule has 2 aromatic carbocycles. The van der Waals surface area contributed by atoms with Crippen molar-refractivity contribution in [1.29, 1.82) is 0 Å². The number of benzene rings is 2. The van der Waals surface area contributed by atoms with Gasteiger partial charge >= 0.3 is 0 Å². The van der Waals surface area contributed by atoms with Crippen molar-refractivity contribution < 1.29 is 23.8 Å². The van der Waals surface area contributed by atoms with Crippen molar-refractivity contribution in [3.8, 4) is 11.5 Å². The Balaban J connectivity index is 1.26. The number of halogens is 1. The van der Waals surface area contributed by atoms with Crippen molar-refractivity contribution in [3.63, 3.8) is 0 Å². The molecular formula is C23H23ClN2O5S. The van der Waals surface area contributed by atoms with Crippen LogP contribution in [0.25, 0.3) is 0 Å². The highest BCUT2D eigenvalue weighted by molar-refractivity contribution is 8.01. The molecule has 32 heavy (non-hydrogen) atoms. The summed E-state index contributed by atoms with van der Waals surface area (Å²) in [6.07, 6.45) is 1.69. The molecule has 168 valence electrons. The van der Waals surface area contributed by atoms with E-state index in [0.29, 0.717) is 30.5 Å². The van der Waals surface area contributed by atoms with Crippen LogP contribution >= 0.6 is 23.4 Å². The van der Waals surface area contributed by atoms with Gasteiger partial charge in [0, 0.05) is 41.5 Å². The summed E-state index contributed by atoms with van der Waals surface area (Å²) in [4.78, 5) is 26.2. The van der Waals surface area contributed by atoms with Gasteiger partial charge in [-0.3, -0.25) is 9.59 Å². The number of carbonyl (C=O) groups is 2. The second-order valence-electron chi connectivity index (χ2n) is 8.18. The summed E-state index contributed by atoms with van der Waals surface area (Å²) in [7, 11) is 0. The molecule has 3 aliphatic rings. The van der Waals surface area contributed by atoms with Gasteiger partial charge in [0.25, 0.3) is 0 Å². The Bertz CT molecular complexity index is 1060. The molecule has 0 spiro atoms. The van der Waals surface area contributed by atoms with E-state index in [1.807, 2.05) is 24.3 Å². The largest absolute Gasteiger partial charge is 0.454 e. The van der Waals surface area contributed by atoms with Gasteiger partial charge in [-0.2, -0.15) is 0 Å². The van der Waals surface area contributed by atoms with Crippen molar-refractivity contribution in [3.05, 3.63) is 47.0 Å². The summed E-state index contributed by atoms with van der Waals surface area (Å²) < 4.78 is 16.6. The first-order valence-electron chi connectivity index (χ1n) is 10.5. The number of amides is 2. The summed E-state index contributed by atoms with van der Waals surface area (Å²) in [5.74, 6) is 1.13. The molecule has 0 bridgehead atoms. The molecule has 7 nitrogen and oxygen atoms in total. The molecule has 1 saturated heterocycles. The number of carbonyl (C=O) groups excluding carboxylic acids is 2. The molecule has 0 aromatic heterocycles. The average molecular weight is 475 g/mol. The third kappa shape index (κ3) is 4.27. The second kappa shape index (κ2) is 8.84. The summed E-state index contributed by atoms with van der Waals surface area (Å²) in [5, 5.41) is 6.01. The molecule has 0 saturated carbocycles. The molecule has 2 amide bonds. The Morgan fingerprint density at radius 1 is 1.16 bits per heavy atom. The molecule has 1 unspecified atom stereocenters. The Morgan fingerprint density at radius 2 is 1.97 bits per heavy atom. The van der Waals surface area contributed by atoms with Gasteiger partial charge in [0.15, 0.2) is 11.5 Å².